The van der Waals surface area contributed by atoms with Crippen LogP contribution in [0.4, 0.5) is 0 Å². The van der Waals surface area contributed by atoms with Crippen LogP contribution in [0.3, 0.4) is 0 Å². The van der Waals surface area contributed by atoms with Crippen LogP contribution in [-0.4, -0.2) is 18.6 Å². The molecule has 0 unspecified atom stereocenters. The van der Waals surface area contributed by atoms with Crippen molar-refractivity contribution in [3.63, 3.8) is 0 Å². The van der Waals surface area contributed by atoms with E-state index in [0.29, 0.717) is 12.5 Å². The Bertz CT molecular complexity index is 166. The van der Waals surface area contributed by atoms with Crippen LogP contribution >= 0.6 is 0 Å². The van der Waals surface area contributed by atoms with E-state index in [2.05, 4.69) is 6.92 Å². The summed E-state index contributed by atoms with van der Waals surface area (Å²) in [5.41, 5.74) is 5.64. The van der Waals surface area contributed by atoms with Crippen LogP contribution in [-0.2, 0) is 9.53 Å². The highest BCUT2D eigenvalue weighted by atomic mass is 16.5. The lowest BCUT2D eigenvalue weighted by Crippen LogP contribution is -2.32. The number of esters is 1. The SMILES string of the molecule is CCCC[C@H](N)C(=O)OCC1CC1. The minimum absolute atomic E-state index is 0.222. The third-order valence-corrected chi connectivity index (χ3v) is 2.33. The van der Waals surface area contributed by atoms with E-state index in [9.17, 15) is 4.79 Å². The monoisotopic (exact) mass is 185 g/mol. The Morgan fingerprint density at radius 3 is 2.85 bits per heavy atom. The fraction of sp³-hybridized carbons (Fsp3) is 0.900. The number of hydrogen-bond acceptors (Lipinski definition) is 3. The van der Waals surface area contributed by atoms with Crippen LogP contribution < -0.4 is 5.73 Å². The minimum atomic E-state index is -0.404. The van der Waals surface area contributed by atoms with Gasteiger partial charge >= 0.3 is 5.97 Å². The summed E-state index contributed by atoms with van der Waals surface area (Å²) in [5, 5.41) is 0. The van der Waals surface area contributed by atoms with Crippen LogP contribution in [0.2, 0.25) is 0 Å². The lowest BCUT2D eigenvalue weighted by Gasteiger charge is -2.10. The van der Waals surface area contributed by atoms with Gasteiger partial charge in [-0.3, -0.25) is 4.79 Å². The molecule has 3 heteroatoms. The maximum atomic E-state index is 11.2. The summed E-state index contributed by atoms with van der Waals surface area (Å²) in [4.78, 5) is 11.2. The molecular weight excluding hydrogens is 166 g/mol. The van der Waals surface area contributed by atoms with Gasteiger partial charge in [0.1, 0.15) is 6.04 Å². The third kappa shape index (κ3) is 4.27. The molecule has 0 heterocycles. The number of nitrogens with two attached hydrogens (primary N) is 1. The van der Waals surface area contributed by atoms with Gasteiger partial charge in [0.05, 0.1) is 6.61 Å². The number of ether oxygens (including phenoxy) is 1. The molecule has 0 aromatic heterocycles. The molecule has 76 valence electrons. The number of unbranched alkanes of at least 4 members (excludes halogenated alkanes) is 1. The molecule has 0 amide bonds. The molecule has 1 aliphatic carbocycles. The van der Waals surface area contributed by atoms with Crippen LogP contribution in [0.1, 0.15) is 39.0 Å². The van der Waals surface area contributed by atoms with Gasteiger partial charge in [0.2, 0.25) is 0 Å². The second kappa shape index (κ2) is 5.22. The van der Waals surface area contributed by atoms with E-state index in [0.717, 1.165) is 19.3 Å². The first-order chi connectivity index (χ1) is 6.24. The standard InChI is InChI=1S/C10H19NO2/c1-2-3-4-9(11)10(12)13-7-8-5-6-8/h8-9H,2-7,11H2,1H3/t9-/m0/s1. The zero-order valence-electron chi connectivity index (χ0n) is 8.29. The topological polar surface area (TPSA) is 52.3 Å². The van der Waals surface area contributed by atoms with E-state index < -0.39 is 6.04 Å². The first-order valence-electron chi connectivity index (χ1n) is 5.16. The Kier molecular flexibility index (Phi) is 4.22. The number of rotatable bonds is 6. The Morgan fingerprint density at radius 2 is 2.31 bits per heavy atom. The molecule has 2 N–H and O–H groups in total. The molecular formula is C10H19NO2. The van der Waals surface area contributed by atoms with Crippen LogP contribution in [0.5, 0.6) is 0 Å². The lowest BCUT2D eigenvalue weighted by molar-refractivity contribution is -0.145. The molecule has 1 atom stereocenters. The van der Waals surface area contributed by atoms with E-state index in [4.69, 9.17) is 10.5 Å². The molecule has 13 heavy (non-hydrogen) atoms. The van der Waals surface area contributed by atoms with Gasteiger partial charge in [0.25, 0.3) is 0 Å². The van der Waals surface area contributed by atoms with Crippen LogP contribution in [0.15, 0.2) is 0 Å². The highest BCUT2D eigenvalue weighted by Gasteiger charge is 2.24. The van der Waals surface area contributed by atoms with Crippen molar-refractivity contribution in [1.29, 1.82) is 0 Å². The largest absolute Gasteiger partial charge is 0.464 e. The Hall–Kier alpha value is -0.570. The summed E-state index contributed by atoms with van der Waals surface area (Å²) >= 11 is 0. The van der Waals surface area contributed by atoms with E-state index in [1.54, 1.807) is 0 Å². The van der Waals surface area contributed by atoms with Gasteiger partial charge in [0, 0.05) is 0 Å². The fourth-order valence-electron chi connectivity index (χ4n) is 1.13. The number of carbonyl (C=O) groups is 1. The normalized spacial score (nSPS) is 18.3. The predicted molar refractivity (Wildman–Crippen MR) is 51.2 cm³/mol. The summed E-state index contributed by atoms with van der Waals surface area (Å²) in [6.45, 7) is 2.67. The second-order valence-corrected chi connectivity index (χ2v) is 3.82. The average Bonchev–Trinajstić information content (AvgIpc) is 2.93. The molecule has 0 aliphatic heterocycles. The molecule has 0 saturated heterocycles. The van der Waals surface area contributed by atoms with Gasteiger partial charge in [-0.25, -0.2) is 0 Å². The van der Waals surface area contributed by atoms with Gasteiger partial charge in [-0.15, -0.1) is 0 Å². The average molecular weight is 185 g/mol. The smallest absolute Gasteiger partial charge is 0.322 e. The Balaban J connectivity index is 2.05. The number of hydrogen-bond donors (Lipinski definition) is 1. The van der Waals surface area contributed by atoms with E-state index in [1.165, 1.54) is 12.8 Å². The van der Waals surface area contributed by atoms with Crippen molar-refractivity contribution in [2.45, 2.75) is 45.1 Å². The first kappa shape index (κ1) is 10.5. The van der Waals surface area contributed by atoms with Crippen molar-refractivity contribution in [3.8, 4) is 0 Å². The predicted octanol–water partition coefficient (Wildman–Crippen LogP) is 1.46. The maximum absolute atomic E-state index is 11.2. The zero-order chi connectivity index (χ0) is 9.68. The van der Waals surface area contributed by atoms with Crippen molar-refractivity contribution in [3.05, 3.63) is 0 Å². The second-order valence-electron chi connectivity index (χ2n) is 3.82. The molecule has 0 aromatic carbocycles. The molecule has 0 spiro atoms. The van der Waals surface area contributed by atoms with E-state index >= 15 is 0 Å². The van der Waals surface area contributed by atoms with Gasteiger partial charge in [-0.05, 0) is 25.2 Å². The molecule has 1 fully saturated rings. The molecule has 0 bridgehead atoms. The summed E-state index contributed by atoms with van der Waals surface area (Å²) in [5.74, 6) is 0.405. The fourth-order valence-corrected chi connectivity index (χ4v) is 1.13. The highest BCUT2D eigenvalue weighted by Crippen LogP contribution is 2.28. The number of carbonyl (C=O) groups excluding carboxylic acids is 1. The van der Waals surface area contributed by atoms with Crippen LogP contribution in [0.25, 0.3) is 0 Å². The Morgan fingerprint density at radius 1 is 1.62 bits per heavy atom. The maximum Gasteiger partial charge on any atom is 0.322 e. The molecule has 1 rings (SSSR count). The summed E-state index contributed by atoms with van der Waals surface area (Å²) < 4.78 is 5.06. The van der Waals surface area contributed by atoms with Gasteiger partial charge in [0.15, 0.2) is 0 Å². The summed E-state index contributed by atoms with van der Waals surface area (Å²) in [6.07, 6.45) is 5.23. The lowest BCUT2D eigenvalue weighted by atomic mass is 10.1. The summed E-state index contributed by atoms with van der Waals surface area (Å²) in [7, 11) is 0. The zero-order valence-corrected chi connectivity index (χ0v) is 8.29. The van der Waals surface area contributed by atoms with Crippen molar-refractivity contribution >= 4 is 5.97 Å². The van der Waals surface area contributed by atoms with Crippen molar-refractivity contribution < 1.29 is 9.53 Å². The Labute approximate surface area is 79.6 Å². The molecule has 1 saturated carbocycles. The van der Waals surface area contributed by atoms with Gasteiger partial charge in [-0.2, -0.15) is 0 Å². The van der Waals surface area contributed by atoms with Crippen molar-refractivity contribution in [1.82, 2.24) is 0 Å². The highest BCUT2D eigenvalue weighted by molar-refractivity contribution is 5.75. The van der Waals surface area contributed by atoms with Crippen molar-refractivity contribution in [2.75, 3.05) is 6.61 Å². The molecule has 0 aromatic rings. The van der Waals surface area contributed by atoms with E-state index in [-0.39, 0.29) is 5.97 Å². The van der Waals surface area contributed by atoms with Crippen LogP contribution in [0, 0.1) is 5.92 Å². The van der Waals surface area contributed by atoms with Gasteiger partial charge < -0.3 is 10.5 Å². The molecule has 0 radical (unpaired) electrons. The quantitative estimate of drug-likeness (QED) is 0.637. The summed E-state index contributed by atoms with van der Waals surface area (Å²) in [6, 6.07) is -0.404. The minimum Gasteiger partial charge on any atom is -0.464 e. The molecule has 3 nitrogen and oxygen atoms in total. The third-order valence-electron chi connectivity index (χ3n) is 2.33. The first-order valence-corrected chi connectivity index (χ1v) is 5.16. The van der Waals surface area contributed by atoms with Gasteiger partial charge in [-0.1, -0.05) is 19.8 Å². The molecule has 1 aliphatic rings. The van der Waals surface area contributed by atoms with E-state index in [1.807, 2.05) is 0 Å². The van der Waals surface area contributed by atoms with Crippen molar-refractivity contribution in [2.24, 2.45) is 11.7 Å².